The van der Waals surface area contributed by atoms with E-state index in [1.807, 2.05) is 37.3 Å². The van der Waals surface area contributed by atoms with E-state index in [9.17, 15) is 13.2 Å². The zero-order chi connectivity index (χ0) is 29.6. The van der Waals surface area contributed by atoms with Crippen molar-refractivity contribution in [3.05, 3.63) is 99.1 Å². The van der Waals surface area contributed by atoms with Gasteiger partial charge in [0.25, 0.3) is 5.91 Å². The number of nitrogens with zero attached hydrogens (tertiary/aromatic N) is 1. The standard InChI is InChI=1S/C31H32IN3O5S/c1-20(2)29(35-41(37,38)25-14-12-21(3)13-15-25)31(36)34-33-18-22-16-27(32)30(28(17-22)39-4)40-19-24-10-7-9-23-8-5-6-11-26(23)24/h5-18,20,29,35H,19H2,1-4H3,(H,34,36)/b33-18-/t29-/m0/s1. The van der Waals surface area contributed by atoms with Gasteiger partial charge >= 0.3 is 0 Å². The largest absolute Gasteiger partial charge is 0.493 e. The summed E-state index contributed by atoms with van der Waals surface area (Å²) < 4.78 is 40.8. The second-order valence-corrected chi connectivity index (χ2v) is 12.7. The van der Waals surface area contributed by atoms with Gasteiger partial charge in [-0.05, 0) is 81.6 Å². The highest BCUT2D eigenvalue weighted by atomic mass is 127. The van der Waals surface area contributed by atoms with Crippen molar-refractivity contribution < 1.29 is 22.7 Å². The molecule has 0 bridgehead atoms. The Labute approximate surface area is 254 Å². The summed E-state index contributed by atoms with van der Waals surface area (Å²) in [5.41, 5.74) is 5.13. The van der Waals surface area contributed by atoms with Crippen molar-refractivity contribution in [2.24, 2.45) is 11.0 Å². The minimum absolute atomic E-state index is 0.0921. The number of aryl methyl sites for hydroxylation is 1. The lowest BCUT2D eigenvalue weighted by Crippen LogP contribution is -2.48. The zero-order valence-corrected chi connectivity index (χ0v) is 26.2. The van der Waals surface area contributed by atoms with E-state index >= 15 is 0 Å². The Morgan fingerprint density at radius 1 is 1.02 bits per heavy atom. The molecule has 41 heavy (non-hydrogen) atoms. The molecule has 4 aromatic rings. The van der Waals surface area contributed by atoms with Gasteiger partial charge in [0.15, 0.2) is 11.5 Å². The number of methoxy groups -OCH3 is 1. The summed E-state index contributed by atoms with van der Waals surface area (Å²) in [5.74, 6) is 0.247. The predicted octanol–water partition coefficient (Wildman–Crippen LogP) is 5.79. The Morgan fingerprint density at radius 3 is 2.44 bits per heavy atom. The number of hydrogen-bond donors (Lipinski definition) is 2. The smallest absolute Gasteiger partial charge is 0.258 e. The normalized spacial score (nSPS) is 12.5. The van der Waals surface area contributed by atoms with E-state index in [2.05, 4.69) is 56.0 Å². The van der Waals surface area contributed by atoms with Crippen molar-refractivity contribution in [2.75, 3.05) is 7.11 Å². The fourth-order valence-corrected chi connectivity index (χ4v) is 6.33. The van der Waals surface area contributed by atoms with Crippen LogP contribution in [0.3, 0.4) is 0 Å². The summed E-state index contributed by atoms with van der Waals surface area (Å²) in [4.78, 5) is 13.0. The molecule has 8 nitrogen and oxygen atoms in total. The molecule has 0 saturated carbocycles. The number of fused-ring (bicyclic) bond motifs is 1. The Kier molecular flexibility index (Phi) is 10.0. The molecule has 4 rings (SSSR count). The topological polar surface area (TPSA) is 106 Å². The van der Waals surface area contributed by atoms with Crippen LogP contribution in [0.5, 0.6) is 11.5 Å². The minimum Gasteiger partial charge on any atom is -0.493 e. The molecule has 0 unspecified atom stereocenters. The van der Waals surface area contributed by atoms with Gasteiger partial charge in [-0.3, -0.25) is 4.79 Å². The Hall–Kier alpha value is -3.48. The van der Waals surface area contributed by atoms with Crippen LogP contribution in [-0.2, 0) is 21.4 Å². The molecule has 0 saturated heterocycles. The fourth-order valence-electron chi connectivity index (χ4n) is 4.21. The number of hydrazone groups is 1. The third kappa shape index (κ3) is 7.63. The molecule has 0 aliphatic heterocycles. The molecule has 4 aromatic carbocycles. The molecule has 0 radical (unpaired) electrons. The molecule has 0 heterocycles. The fraction of sp³-hybridized carbons (Fsp3) is 0.226. The molecule has 0 aliphatic rings. The van der Waals surface area contributed by atoms with Crippen LogP contribution in [0.25, 0.3) is 10.8 Å². The number of carbonyl (C=O) groups is 1. The maximum atomic E-state index is 12.9. The summed E-state index contributed by atoms with van der Waals surface area (Å²) in [5, 5.41) is 6.35. The van der Waals surface area contributed by atoms with E-state index in [1.165, 1.54) is 18.3 Å². The number of nitrogens with one attached hydrogen (secondary N) is 2. The van der Waals surface area contributed by atoms with Gasteiger partial charge < -0.3 is 9.47 Å². The number of ether oxygens (including phenoxy) is 2. The molecule has 0 aromatic heterocycles. The average Bonchev–Trinajstić information content (AvgIpc) is 2.95. The Balaban J connectivity index is 1.44. The lowest BCUT2D eigenvalue weighted by atomic mass is 10.1. The summed E-state index contributed by atoms with van der Waals surface area (Å²) in [7, 11) is -2.33. The van der Waals surface area contributed by atoms with Gasteiger partial charge in [-0.1, -0.05) is 74.0 Å². The summed E-state index contributed by atoms with van der Waals surface area (Å²) in [6.45, 7) is 5.76. The van der Waals surface area contributed by atoms with Crippen LogP contribution in [0.2, 0.25) is 0 Å². The number of benzene rings is 4. The summed E-state index contributed by atoms with van der Waals surface area (Å²) in [6, 6.07) is 23.3. The zero-order valence-electron chi connectivity index (χ0n) is 23.2. The SMILES string of the molecule is COc1cc(/C=N\NC(=O)[C@@H](NS(=O)(=O)c2ccc(C)cc2)C(C)C)cc(I)c1OCc1cccc2ccccc12. The quantitative estimate of drug-likeness (QED) is 0.118. The average molecular weight is 686 g/mol. The van der Waals surface area contributed by atoms with Crippen molar-refractivity contribution >= 4 is 55.5 Å². The molecule has 0 spiro atoms. The Morgan fingerprint density at radius 2 is 1.73 bits per heavy atom. The van der Waals surface area contributed by atoms with Gasteiger partial charge in [-0.25, -0.2) is 13.8 Å². The summed E-state index contributed by atoms with van der Waals surface area (Å²) >= 11 is 2.17. The van der Waals surface area contributed by atoms with Crippen molar-refractivity contribution in [1.29, 1.82) is 0 Å². The molecule has 214 valence electrons. The molecule has 0 aliphatic carbocycles. The van der Waals surface area contributed by atoms with Crippen LogP contribution in [0, 0.1) is 16.4 Å². The van der Waals surface area contributed by atoms with Gasteiger partial charge in [0, 0.05) is 0 Å². The first-order chi connectivity index (χ1) is 19.6. The van der Waals surface area contributed by atoms with Crippen LogP contribution >= 0.6 is 22.6 Å². The number of carbonyl (C=O) groups excluding carboxylic acids is 1. The van der Waals surface area contributed by atoms with Crippen LogP contribution in [0.15, 0.2) is 88.9 Å². The lowest BCUT2D eigenvalue weighted by Gasteiger charge is -2.20. The van der Waals surface area contributed by atoms with Crippen LogP contribution in [0.1, 0.15) is 30.5 Å². The van der Waals surface area contributed by atoms with Crippen molar-refractivity contribution in [3.63, 3.8) is 0 Å². The third-order valence-corrected chi connectivity index (χ3v) is 8.71. The molecular formula is C31H32IN3O5S. The van der Waals surface area contributed by atoms with Gasteiger partial charge in [0.1, 0.15) is 12.6 Å². The highest BCUT2D eigenvalue weighted by Gasteiger charge is 2.28. The highest BCUT2D eigenvalue weighted by molar-refractivity contribution is 14.1. The maximum absolute atomic E-state index is 12.9. The van der Waals surface area contributed by atoms with Crippen molar-refractivity contribution in [1.82, 2.24) is 10.1 Å². The maximum Gasteiger partial charge on any atom is 0.258 e. The molecule has 1 amide bonds. The summed E-state index contributed by atoms with van der Waals surface area (Å²) in [6.07, 6.45) is 1.48. The number of rotatable bonds is 11. The molecule has 2 N–H and O–H groups in total. The second kappa shape index (κ2) is 13.5. The van der Waals surface area contributed by atoms with Crippen molar-refractivity contribution in [2.45, 2.75) is 38.3 Å². The second-order valence-electron chi connectivity index (χ2n) is 9.85. The number of amides is 1. The Bertz CT molecular complexity index is 1670. The minimum atomic E-state index is -3.89. The molecule has 0 fully saturated rings. The number of halogens is 1. The van der Waals surface area contributed by atoms with E-state index in [0.717, 1.165) is 25.5 Å². The van der Waals surface area contributed by atoms with E-state index in [1.54, 1.807) is 39.2 Å². The highest BCUT2D eigenvalue weighted by Crippen LogP contribution is 2.34. The van der Waals surface area contributed by atoms with E-state index in [0.29, 0.717) is 23.7 Å². The lowest BCUT2D eigenvalue weighted by molar-refractivity contribution is -0.123. The van der Waals surface area contributed by atoms with Gasteiger partial charge in [-0.2, -0.15) is 9.82 Å². The van der Waals surface area contributed by atoms with Gasteiger partial charge in [0.2, 0.25) is 10.0 Å². The van der Waals surface area contributed by atoms with Crippen LogP contribution in [-0.4, -0.2) is 33.7 Å². The first-order valence-electron chi connectivity index (χ1n) is 13.0. The predicted molar refractivity (Wildman–Crippen MR) is 170 cm³/mol. The van der Waals surface area contributed by atoms with E-state index < -0.39 is 22.0 Å². The first-order valence-corrected chi connectivity index (χ1v) is 15.5. The molecule has 10 heteroatoms. The number of hydrogen-bond acceptors (Lipinski definition) is 6. The number of sulfonamides is 1. The van der Waals surface area contributed by atoms with Crippen molar-refractivity contribution in [3.8, 4) is 11.5 Å². The van der Waals surface area contributed by atoms with Crippen LogP contribution in [0.4, 0.5) is 0 Å². The van der Waals surface area contributed by atoms with E-state index in [-0.39, 0.29) is 10.8 Å². The molecule has 1 atom stereocenters. The van der Waals surface area contributed by atoms with Gasteiger partial charge in [-0.15, -0.1) is 0 Å². The monoisotopic (exact) mass is 685 g/mol. The first kappa shape index (κ1) is 30.5. The van der Waals surface area contributed by atoms with E-state index in [4.69, 9.17) is 9.47 Å². The molecular weight excluding hydrogens is 653 g/mol. The van der Waals surface area contributed by atoms with Crippen LogP contribution < -0.4 is 19.6 Å². The van der Waals surface area contributed by atoms with Gasteiger partial charge in [0.05, 0.1) is 21.8 Å². The third-order valence-electron chi connectivity index (χ3n) is 6.45.